The van der Waals surface area contributed by atoms with E-state index >= 15 is 0 Å². The van der Waals surface area contributed by atoms with Crippen LogP contribution in [-0.4, -0.2) is 35.8 Å². The highest BCUT2D eigenvalue weighted by atomic mass is 35.5. The summed E-state index contributed by atoms with van der Waals surface area (Å²) in [6.45, 7) is 7.36. The van der Waals surface area contributed by atoms with E-state index < -0.39 is 0 Å². The highest BCUT2D eigenvalue weighted by Crippen LogP contribution is 2.24. The zero-order valence-electron chi connectivity index (χ0n) is 11.5. The van der Waals surface area contributed by atoms with Crippen LogP contribution in [-0.2, 0) is 6.54 Å². The van der Waals surface area contributed by atoms with Gasteiger partial charge in [-0.3, -0.25) is 4.90 Å². The minimum atomic E-state index is -0.349. The Morgan fingerprint density at radius 3 is 2.50 bits per heavy atom. The van der Waals surface area contributed by atoms with Crippen molar-refractivity contribution >= 4 is 11.6 Å². The second kappa shape index (κ2) is 6.98. The lowest BCUT2D eigenvalue weighted by Gasteiger charge is -2.28. The molecule has 0 saturated heterocycles. The highest BCUT2D eigenvalue weighted by Gasteiger charge is 2.15. The molecule has 1 N–H and O–H groups in total. The zero-order chi connectivity index (χ0) is 13.7. The molecule has 3 nitrogen and oxygen atoms in total. The van der Waals surface area contributed by atoms with Crippen LogP contribution in [0.15, 0.2) is 18.2 Å². The Labute approximate surface area is 114 Å². The number of aliphatic hydroxyl groups excluding tert-OH is 1. The van der Waals surface area contributed by atoms with E-state index in [0.29, 0.717) is 24.2 Å². The van der Waals surface area contributed by atoms with Crippen LogP contribution in [0.5, 0.6) is 5.75 Å². The molecule has 0 spiro atoms. The monoisotopic (exact) mass is 271 g/mol. The molecule has 0 saturated carbocycles. The summed E-state index contributed by atoms with van der Waals surface area (Å²) in [4.78, 5) is 2.19. The van der Waals surface area contributed by atoms with E-state index in [4.69, 9.17) is 16.3 Å². The molecule has 0 bridgehead atoms. The average molecular weight is 272 g/mol. The molecular formula is C14H22ClNO2. The van der Waals surface area contributed by atoms with Crippen molar-refractivity contribution in [3.05, 3.63) is 28.8 Å². The first-order valence-corrected chi connectivity index (χ1v) is 6.56. The third-order valence-corrected chi connectivity index (χ3v) is 3.08. The van der Waals surface area contributed by atoms with Crippen molar-refractivity contribution in [3.8, 4) is 5.75 Å². The molecule has 1 unspecified atom stereocenters. The summed E-state index contributed by atoms with van der Waals surface area (Å²) in [7, 11) is 1.65. The first-order chi connectivity index (χ1) is 8.43. The molecule has 0 aliphatic rings. The van der Waals surface area contributed by atoms with Gasteiger partial charge < -0.3 is 9.84 Å². The van der Waals surface area contributed by atoms with Gasteiger partial charge in [-0.1, -0.05) is 11.6 Å². The molecule has 0 aliphatic heterocycles. The summed E-state index contributed by atoms with van der Waals surface area (Å²) >= 11 is 6.02. The topological polar surface area (TPSA) is 32.7 Å². The number of hydrogen-bond acceptors (Lipinski definition) is 3. The standard InChI is InChI=1S/C14H22ClNO2/c1-10(2)16(8-11(3)17)9-12-7-13(15)5-6-14(12)18-4/h5-7,10-11,17H,8-9H2,1-4H3. The van der Waals surface area contributed by atoms with E-state index in [1.54, 1.807) is 14.0 Å². The van der Waals surface area contributed by atoms with Crippen molar-refractivity contribution < 1.29 is 9.84 Å². The molecule has 0 radical (unpaired) electrons. The maximum absolute atomic E-state index is 9.53. The fourth-order valence-corrected chi connectivity index (χ4v) is 2.08. The maximum atomic E-state index is 9.53. The molecule has 0 amide bonds. The molecule has 0 aromatic heterocycles. The molecular weight excluding hydrogens is 250 g/mol. The molecule has 0 fully saturated rings. The third kappa shape index (κ3) is 4.48. The van der Waals surface area contributed by atoms with Gasteiger partial charge in [0.1, 0.15) is 5.75 Å². The molecule has 18 heavy (non-hydrogen) atoms. The lowest BCUT2D eigenvalue weighted by atomic mass is 10.1. The summed E-state index contributed by atoms with van der Waals surface area (Å²) in [5, 5.41) is 10.2. The largest absolute Gasteiger partial charge is 0.496 e. The van der Waals surface area contributed by atoms with Gasteiger partial charge in [0.2, 0.25) is 0 Å². The summed E-state index contributed by atoms with van der Waals surface area (Å²) in [5.74, 6) is 0.829. The van der Waals surface area contributed by atoms with E-state index in [9.17, 15) is 5.11 Å². The van der Waals surface area contributed by atoms with Crippen LogP contribution in [0.4, 0.5) is 0 Å². The minimum absolute atomic E-state index is 0.349. The fourth-order valence-electron chi connectivity index (χ4n) is 1.89. The number of methoxy groups -OCH3 is 1. The van der Waals surface area contributed by atoms with Crippen molar-refractivity contribution in [2.45, 2.75) is 39.5 Å². The quantitative estimate of drug-likeness (QED) is 0.864. The predicted octanol–water partition coefficient (Wildman–Crippen LogP) is 2.94. The zero-order valence-corrected chi connectivity index (χ0v) is 12.2. The van der Waals surface area contributed by atoms with E-state index in [1.807, 2.05) is 18.2 Å². The molecule has 1 atom stereocenters. The first kappa shape index (κ1) is 15.3. The highest BCUT2D eigenvalue weighted by molar-refractivity contribution is 6.30. The van der Waals surface area contributed by atoms with Gasteiger partial charge in [-0.05, 0) is 39.0 Å². The molecule has 102 valence electrons. The lowest BCUT2D eigenvalue weighted by Crippen LogP contribution is -2.36. The molecule has 1 aromatic carbocycles. The molecule has 0 heterocycles. The van der Waals surface area contributed by atoms with Crippen LogP contribution in [0, 0.1) is 0 Å². The van der Waals surface area contributed by atoms with Crippen molar-refractivity contribution in [1.29, 1.82) is 0 Å². The van der Waals surface area contributed by atoms with E-state index in [0.717, 1.165) is 11.3 Å². The smallest absolute Gasteiger partial charge is 0.123 e. The van der Waals surface area contributed by atoms with Gasteiger partial charge in [-0.25, -0.2) is 0 Å². The first-order valence-electron chi connectivity index (χ1n) is 6.18. The Bertz CT molecular complexity index is 380. The molecule has 1 aromatic rings. The predicted molar refractivity (Wildman–Crippen MR) is 75.2 cm³/mol. The summed E-state index contributed by atoms with van der Waals surface area (Å²) in [6, 6.07) is 5.96. The minimum Gasteiger partial charge on any atom is -0.496 e. The van der Waals surface area contributed by atoms with Crippen LogP contribution < -0.4 is 4.74 Å². The summed E-state index contributed by atoms with van der Waals surface area (Å²) in [5.41, 5.74) is 1.04. The van der Waals surface area contributed by atoms with E-state index in [1.165, 1.54) is 0 Å². The van der Waals surface area contributed by atoms with Crippen molar-refractivity contribution in [3.63, 3.8) is 0 Å². The summed E-state index contributed by atoms with van der Waals surface area (Å²) in [6.07, 6.45) is -0.349. The lowest BCUT2D eigenvalue weighted by molar-refractivity contribution is 0.102. The summed E-state index contributed by atoms with van der Waals surface area (Å²) < 4.78 is 5.34. The Morgan fingerprint density at radius 2 is 2.00 bits per heavy atom. The van der Waals surface area contributed by atoms with Crippen LogP contribution in [0.2, 0.25) is 5.02 Å². The van der Waals surface area contributed by atoms with Gasteiger partial charge in [-0.15, -0.1) is 0 Å². The van der Waals surface area contributed by atoms with Gasteiger partial charge >= 0.3 is 0 Å². The number of nitrogens with zero attached hydrogens (tertiary/aromatic N) is 1. The number of ether oxygens (including phenoxy) is 1. The third-order valence-electron chi connectivity index (χ3n) is 2.84. The molecule has 1 rings (SSSR count). The second-order valence-electron chi connectivity index (χ2n) is 4.83. The van der Waals surface area contributed by atoms with Crippen molar-refractivity contribution in [2.75, 3.05) is 13.7 Å². The normalized spacial score (nSPS) is 13.1. The van der Waals surface area contributed by atoms with Crippen LogP contribution in [0.1, 0.15) is 26.3 Å². The molecule has 4 heteroatoms. The van der Waals surface area contributed by atoms with Gasteiger partial charge in [0.05, 0.1) is 13.2 Å². The SMILES string of the molecule is COc1ccc(Cl)cc1CN(CC(C)O)C(C)C. The number of benzene rings is 1. The Morgan fingerprint density at radius 1 is 1.33 bits per heavy atom. The average Bonchev–Trinajstić information content (AvgIpc) is 2.27. The van der Waals surface area contributed by atoms with Gasteiger partial charge in [0, 0.05) is 29.7 Å². The Balaban J connectivity index is 2.88. The maximum Gasteiger partial charge on any atom is 0.123 e. The number of rotatable bonds is 6. The number of hydrogen-bond donors (Lipinski definition) is 1. The Kier molecular flexibility index (Phi) is 5.93. The molecule has 0 aliphatic carbocycles. The van der Waals surface area contributed by atoms with Crippen LogP contribution in [0.25, 0.3) is 0 Å². The van der Waals surface area contributed by atoms with E-state index in [-0.39, 0.29) is 6.10 Å². The number of halogens is 1. The van der Waals surface area contributed by atoms with E-state index in [2.05, 4.69) is 18.7 Å². The Hall–Kier alpha value is -0.770. The van der Waals surface area contributed by atoms with Crippen molar-refractivity contribution in [2.24, 2.45) is 0 Å². The van der Waals surface area contributed by atoms with Gasteiger partial charge in [0.15, 0.2) is 0 Å². The number of aliphatic hydroxyl groups is 1. The van der Waals surface area contributed by atoms with Crippen molar-refractivity contribution in [1.82, 2.24) is 4.90 Å². The van der Waals surface area contributed by atoms with Crippen LogP contribution in [0.3, 0.4) is 0 Å². The second-order valence-corrected chi connectivity index (χ2v) is 5.26. The fraction of sp³-hybridized carbons (Fsp3) is 0.571. The van der Waals surface area contributed by atoms with Gasteiger partial charge in [-0.2, -0.15) is 0 Å². The van der Waals surface area contributed by atoms with Gasteiger partial charge in [0.25, 0.3) is 0 Å². The van der Waals surface area contributed by atoms with Crippen LogP contribution >= 0.6 is 11.6 Å².